The van der Waals surface area contributed by atoms with Gasteiger partial charge in [-0.2, -0.15) is 5.10 Å². The normalized spacial score (nSPS) is 25.5. The summed E-state index contributed by atoms with van der Waals surface area (Å²) < 4.78 is 2.98. The fourth-order valence-corrected chi connectivity index (χ4v) is 2.91. The van der Waals surface area contributed by atoms with Gasteiger partial charge in [0.2, 0.25) is 0 Å². The molecule has 0 spiro atoms. The van der Waals surface area contributed by atoms with Gasteiger partial charge in [0.25, 0.3) is 0 Å². The van der Waals surface area contributed by atoms with Crippen molar-refractivity contribution >= 4 is 12.2 Å². The van der Waals surface area contributed by atoms with E-state index in [4.69, 9.17) is 12.2 Å². The maximum absolute atomic E-state index is 5.30. The summed E-state index contributed by atoms with van der Waals surface area (Å²) in [6.45, 7) is 7.72. The van der Waals surface area contributed by atoms with Crippen LogP contribution in [0.4, 0.5) is 0 Å². The number of rotatable bonds is 3. The minimum Gasteiger partial charge on any atom is -0.304 e. The van der Waals surface area contributed by atoms with Crippen LogP contribution in [0.1, 0.15) is 51.8 Å². The Morgan fingerprint density at radius 2 is 2.25 bits per heavy atom. The van der Waals surface area contributed by atoms with Gasteiger partial charge in [-0.15, -0.1) is 0 Å². The van der Waals surface area contributed by atoms with Crippen molar-refractivity contribution in [3.05, 3.63) is 10.6 Å². The summed E-state index contributed by atoms with van der Waals surface area (Å²) >= 11 is 5.30. The third kappa shape index (κ3) is 2.37. The molecule has 4 heteroatoms. The molecule has 2 atom stereocenters. The van der Waals surface area contributed by atoms with E-state index in [1.807, 2.05) is 0 Å². The van der Waals surface area contributed by atoms with Crippen LogP contribution < -0.4 is 0 Å². The van der Waals surface area contributed by atoms with Gasteiger partial charge >= 0.3 is 0 Å². The Balaban J connectivity index is 2.14. The molecule has 0 bridgehead atoms. The summed E-state index contributed by atoms with van der Waals surface area (Å²) in [5.74, 6) is 3.21. The van der Waals surface area contributed by atoms with Crippen LogP contribution in [0.15, 0.2) is 0 Å². The number of aromatic amines is 1. The molecule has 1 saturated carbocycles. The highest BCUT2D eigenvalue weighted by atomic mass is 32.1. The van der Waals surface area contributed by atoms with Crippen LogP contribution in [0.2, 0.25) is 0 Å². The van der Waals surface area contributed by atoms with Crippen molar-refractivity contribution in [2.45, 2.75) is 52.5 Å². The Kier molecular flexibility index (Phi) is 3.47. The maximum Gasteiger partial charge on any atom is 0.195 e. The van der Waals surface area contributed by atoms with E-state index in [0.717, 1.165) is 29.0 Å². The first kappa shape index (κ1) is 11.8. The van der Waals surface area contributed by atoms with Gasteiger partial charge < -0.3 is 4.57 Å². The number of nitrogens with zero attached hydrogens (tertiary/aromatic N) is 2. The Labute approximate surface area is 102 Å². The molecule has 1 aromatic rings. The van der Waals surface area contributed by atoms with Gasteiger partial charge in [-0.3, -0.25) is 5.10 Å². The molecule has 1 aliphatic carbocycles. The number of nitrogens with one attached hydrogen (secondary N) is 1. The smallest absolute Gasteiger partial charge is 0.195 e. The number of aromatic nitrogens is 3. The Morgan fingerprint density at radius 1 is 1.50 bits per heavy atom. The fourth-order valence-electron chi connectivity index (χ4n) is 2.70. The van der Waals surface area contributed by atoms with Crippen LogP contribution in [-0.2, 0) is 6.54 Å². The van der Waals surface area contributed by atoms with Crippen LogP contribution in [0, 0.1) is 16.6 Å². The molecule has 0 saturated heterocycles. The highest BCUT2D eigenvalue weighted by Gasteiger charge is 2.23. The minimum absolute atomic E-state index is 0.437. The number of hydrogen-bond donors (Lipinski definition) is 1. The summed E-state index contributed by atoms with van der Waals surface area (Å²) in [4.78, 5) is 0. The van der Waals surface area contributed by atoms with Gasteiger partial charge in [-0.05, 0) is 36.9 Å². The summed E-state index contributed by atoms with van der Waals surface area (Å²) in [6.07, 6.45) is 4.04. The molecule has 2 unspecified atom stereocenters. The molecular formula is C12H21N3S. The van der Waals surface area contributed by atoms with Gasteiger partial charge in [-0.1, -0.05) is 27.2 Å². The summed E-state index contributed by atoms with van der Waals surface area (Å²) in [7, 11) is 0. The second kappa shape index (κ2) is 4.70. The molecule has 16 heavy (non-hydrogen) atoms. The molecule has 3 nitrogen and oxygen atoms in total. The van der Waals surface area contributed by atoms with E-state index in [1.54, 1.807) is 0 Å². The Hall–Kier alpha value is -0.640. The zero-order chi connectivity index (χ0) is 11.7. The van der Waals surface area contributed by atoms with Crippen molar-refractivity contribution in [1.29, 1.82) is 0 Å². The maximum atomic E-state index is 5.30. The average molecular weight is 239 g/mol. The highest BCUT2D eigenvalue weighted by Crippen LogP contribution is 2.32. The predicted octanol–water partition coefficient (Wildman–Crippen LogP) is 3.50. The monoisotopic (exact) mass is 239 g/mol. The summed E-state index contributed by atoms with van der Waals surface area (Å²) in [5, 5.41) is 7.24. The summed E-state index contributed by atoms with van der Waals surface area (Å²) in [5.41, 5.74) is 0. The third-order valence-corrected chi connectivity index (χ3v) is 3.86. The largest absolute Gasteiger partial charge is 0.304 e. The lowest BCUT2D eigenvalue weighted by Gasteiger charge is -2.14. The third-order valence-electron chi connectivity index (χ3n) is 3.55. The molecule has 2 rings (SSSR count). The minimum atomic E-state index is 0.437. The lowest BCUT2D eigenvalue weighted by Crippen LogP contribution is -2.12. The first-order valence-corrected chi connectivity index (χ1v) is 6.63. The second-order valence-corrected chi connectivity index (χ2v) is 5.82. The van der Waals surface area contributed by atoms with Gasteiger partial charge in [-0.25, -0.2) is 0 Å². The van der Waals surface area contributed by atoms with Crippen molar-refractivity contribution in [1.82, 2.24) is 14.8 Å². The van der Waals surface area contributed by atoms with Crippen LogP contribution in [0.3, 0.4) is 0 Å². The van der Waals surface area contributed by atoms with Crippen LogP contribution >= 0.6 is 12.2 Å². The summed E-state index contributed by atoms with van der Waals surface area (Å²) in [6, 6.07) is 0. The van der Waals surface area contributed by atoms with Crippen molar-refractivity contribution in [2.24, 2.45) is 11.8 Å². The zero-order valence-electron chi connectivity index (χ0n) is 10.4. The molecule has 90 valence electrons. The highest BCUT2D eigenvalue weighted by molar-refractivity contribution is 7.71. The van der Waals surface area contributed by atoms with Gasteiger partial charge in [0, 0.05) is 12.5 Å². The van der Waals surface area contributed by atoms with Crippen LogP contribution in [0.25, 0.3) is 0 Å². The van der Waals surface area contributed by atoms with Gasteiger partial charge in [0.05, 0.1) is 0 Å². The topological polar surface area (TPSA) is 33.6 Å². The Bertz CT molecular complexity index is 405. The number of H-pyrrole nitrogens is 1. The molecule has 0 radical (unpaired) electrons. The molecule has 1 N–H and O–H groups in total. The van der Waals surface area contributed by atoms with Gasteiger partial charge in [0.15, 0.2) is 4.77 Å². The molecule has 1 aromatic heterocycles. The first-order valence-electron chi connectivity index (χ1n) is 6.23. The molecule has 1 heterocycles. The fraction of sp³-hybridized carbons (Fsp3) is 0.833. The Morgan fingerprint density at radius 3 is 2.81 bits per heavy atom. The second-order valence-electron chi connectivity index (χ2n) is 5.44. The molecule has 1 aliphatic rings. The van der Waals surface area contributed by atoms with Crippen molar-refractivity contribution in [3.8, 4) is 0 Å². The van der Waals surface area contributed by atoms with E-state index < -0.39 is 0 Å². The molecule has 0 aromatic carbocycles. The standard InChI is InChI=1S/C12H21N3S/c1-8(2)11-13-14-12(16)15(11)7-10-5-4-9(3)6-10/h8-10H,4-7H2,1-3H3,(H,14,16). The van der Waals surface area contributed by atoms with Crippen LogP contribution in [-0.4, -0.2) is 14.8 Å². The quantitative estimate of drug-likeness (QED) is 0.819. The van der Waals surface area contributed by atoms with Crippen LogP contribution in [0.5, 0.6) is 0 Å². The lowest BCUT2D eigenvalue weighted by atomic mass is 10.1. The SMILES string of the molecule is CC1CCC(Cn2c(C(C)C)n[nH]c2=S)C1. The first-order chi connectivity index (χ1) is 7.58. The van der Waals surface area contributed by atoms with E-state index in [-0.39, 0.29) is 0 Å². The van der Waals surface area contributed by atoms with Crippen molar-refractivity contribution < 1.29 is 0 Å². The van der Waals surface area contributed by atoms with Crippen molar-refractivity contribution in [3.63, 3.8) is 0 Å². The van der Waals surface area contributed by atoms with E-state index >= 15 is 0 Å². The van der Waals surface area contributed by atoms with Crippen molar-refractivity contribution in [2.75, 3.05) is 0 Å². The molecular weight excluding hydrogens is 218 g/mol. The number of hydrogen-bond acceptors (Lipinski definition) is 2. The molecule has 1 fully saturated rings. The predicted molar refractivity (Wildman–Crippen MR) is 68.0 cm³/mol. The zero-order valence-corrected chi connectivity index (χ0v) is 11.2. The van der Waals surface area contributed by atoms with E-state index in [1.165, 1.54) is 19.3 Å². The van der Waals surface area contributed by atoms with E-state index in [2.05, 4.69) is 35.5 Å². The van der Waals surface area contributed by atoms with Gasteiger partial charge in [0.1, 0.15) is 5.82 Å². The molecule has 0 aliphatic heterocycles. The lowest BCUT2D eigenvalue weighted by molar-refractivity contribution is 0.425. The average Bonchev–Trinajstić information content (AvgIpc) is 2.76. The molecule has 0 amide bonds. The van der Waals surface area contributed by atoms with E-state index in [0.29, 0.717) is 5.92 Å². The van der Waals surface area contributed by atoms with E-state index in [9.17, 15) is 0 Å².